The van der Waals surface area contributed by atoms with Gasteiger partial charge in [0.25, 0.3) is 0 Å². The summed E-state index contributed by atoms with van der Waals surface area (Å²) in [7, 11) is 1.71. The van der Waals surface area contributed by atoms with Crippen LogP contribution < -0.4 is 10.1 Å². The van der Waals surface area contributed by atoms with Gasteiger partial charge in [-0.25, -0.2) is 0 Å². The van der Waals surface area contributed by atoms with Crippen LogP contribution in [0, 0.1) is 6.92 Å². The molecule has 1 aliphatic rings. The number of anilines is 1. The molecule has 0 saturated carbocycles. The van der Waals surface area contributed by atoms with Crippen molar-refractivity contribution in [2.45, 2.75) is 51.7 Å². The lowest BCUT2D eigenvalue weighted by Gasteiger charge is -2.30. The number of benzene rings is 1. The Morgan fingerprint density at radius 2 is 2.26 bits per heavy atom. The van der Waals surface area contributed by atoms with Crippen LogP contribution in [0.3, 0.4) is 0 Å². The predicted molar refractivity (Wildman–Crippen MR) is 79.0 cm³/mol. The lowest BCUT2D eigenvalue weighted by atomic mass is 9.99. The first-order valence-electron chi connectivity index (χ1n) is 7.25. The highest BCUT2D eigenvalue weighted by atomic mass is 16.5. The van der Waals surface area contributed by atoms with E-state index in [-0.39, 0.29) is 0 Å². The van der Waals surface area contributed by atoms with E-state index in [4.69, 9.17) is 9.47 Å². The van der Waals surface area contributed by atoms with Crippen molar-refractivity contribution in [2.75, 3.05) is 19.0 Å². The van der Waals surface area contributed by atoms with Gasteiger partial charge in [-0.2, -0.15) is 0 Å². The Morgan fingerprint density at radius 3 is 2.95 bits per heavy atom. The van der Waals surface area contributed by atoms with Crippen molar-refractivity contribution in [1.82, 2.24) is 0 Å². The molecule has 2 unspecified atom stereocenters. The van der Waals surface area contributed by atoms with E-state index in [0.29, 0.717) is 12.1 Å². The summed E-state index contributed by atoms with van der Waals surface area (Å²) in [5.74, 6) is 0.946. The molecule has 0 spiro atoms. The standard InChI is InChI=1S/C16H25NO2/c1-4-5-15-11-14(8-9-19-15)17-13-6-7-16(18-3)12(2)10-13/h6-7,10,14-15,17H,4-5,8-9,11H2,1-3H3. The molecule has 3 nitrogen and oxygen atoms in total. The monoisotopic (exact) mass is 263 g/mol. The summed E-state index contributed by atoms with van der Waals surface area (Å²) in [6.07, 6.45) is 4.99. The van der Waals surface area contributed by atoms with Gasteiger partial charge in [-0.15, -0.1) is 0 Å². The third kappa shape index (κ3) is 3.87. The van der Waals surface area contributed by atoms with Crippen LogP contribution in [-0.2, 0) is 4.74 Å². The summed E-state index contributed by atoms with van der Waals surface area (Å²) < 4.78 is 11.1. The first kappa shape index (κ1) is 14.2. The fourth-order valence-corrected chi connectivity index (χ4v) is 2.74. The van der Waals surface area contributed by atoms with Crippen molar-refractivity contribution in [1.29, 1.82) is 0 Å². The second-order valence-electron chi connectivity index (χ2n) is 5.33. The number of aryl methyl sites for hydroxylation is 1. The van der Waals surface area contributed by atoms with Crippen LogP contribution in [0.25, 0.3) is 0 Å². The average molecular weight is 263 g/mol. The highest BCUT2D eigenvalue weighted by Crippen LogP contribution is 2.25. The Kier molecular flexibility index (Phi) is 5.08. The van der Waals surface area contributed by atoms with E-state index in [2.05, 4.69) is 31.3 Å². The molecule has 1 heterocycles. The van der Waals surface area contributed by atoms with Gasteiger partial charge in [0.05, 0.1) is 13.2 Å². The molecule has 2 rings (SSSR count). The zero-order valence-corrected chi connectivity index (χ0v) is 12.2. The summed E-state index contributed by atoms with van der Waals surface area (Å²) in [5.41, 5.74) is 2.35. The molecule has 1 fully saturated rings. The number of rotatable bonds is 5. The molecule has 1 N–H and O–H groups in total. The van der Waals surface area contributed by atoms with Crippen molar-refractivity contribution < 1.29 is 9.47 Å². The van der Waals surface area contributed by atoms with E-state index in [1.54, 1.807) is 7.11 Å². The lowest BCUT2D eigenvalue weighted by Crippen LogP contribution is -2.33. The zero-order valence-electron chi connectivity index (χ0n) is 12.2. The zero-order chi connectivity index (χ0) is 13.7. The minimum atomic E-state index is 0.426. The van der Waals surface area contributed by atoms with E-state index in [0.717, 1.165) is 25.2 Å². The maximum absolute atomic E-state index is 5.79. The molecule has 3 heteroatoms. The highest BCUT2D eigenvalue weighted by Gasteiger charge is 2.21. The molecule has 2 atom stereocenters. The van der Waals surface area contributed by atoms with Gasteiger partial charge in [0, 0.05) is 18.3 Å². The fraction of sp³-hybridized carbons (Fsp3) is 0.625. The van der Waals surface area contributed by atoms with Gasteiger partial charge in [-0.1, -0.05) is 13.3 Å². The number of ether oxygens (including phenoxy) is 2. The van der Waals surface area contributed by atoms with Crippen molar-refractivity contribution in [3.63, 3.8) is 0 Å². The first-order valence-corrected chi connectivity index (χ1v) is 7.25. The molecule has 0 bridgehead atoms. The van der Waals surface area contributed by atoms with Crippen LogP contribution in [0.15, 0.2) is 18.2 Å². The molecule has 19 heavy (non-hydrogen) atoms. The van der Waals surface area contributed by atoms with E-state index < -0.39 is 0 Å². The molecule has 1 aliphatic heterocycles. The minimum absolute atomic E-state index is 0.426. The first-order chi connectivity index (χ1) is 9.22. The molecule has 0 radical (unpaired) electrons. The molecular weight excluding hydrogens is 238 g/mol. The number of hydrogen-bond acceptors (Lipinski definition) is 3. The largest absolute Gasteiger partial charge is 0.496 e. The summed E-state index contributed by atoms with van der Waals surface area (Å²) in [6, 6.07) is 6.80. The second-order valence-corrected chi connectivity index (χ2v) is 5.33. The molecule has 1 saturated heterocycles. The average Bonchev–Trinajstić information content (AvgIpc) is 2.40. The number of nitrogens with one attached hydrogen (secondary N) is 1. The van der Waals surface area contributed by atoms with E-state index in [1.165, 1.54) is 24.1 Å². The van der Waals surface area contributed by atoms with Crippen molar-refractivity contribution in [3.05, 3.63) is 23.8 Å². The van der Waals surface area contributed by atoms with Crippen molar-refractivity contribution >= 4 is 5.69 Å². The van der Waals surface area contributed by atoms with Crippen LogP contribution in [0.1, 0.15) is 38.2 Å². The molecule has 1 aromatic carbocycles. The Labute approximate surface area is 116 Å². The van der Waals surface area contributed by atoms with Gasteiger partial charge in [0.2, 0.25) is 0 Å². The Morgan fingerprint density at radius 1 is 1.42 bits per heavy atom. The number of hydrogen-bond donors (Lipinski definition) is 1. The third-order valence-electron chi connectivity index (χ3n) is 3.74. The van der Waals surface area contributed by atoms with Gasteiger partial charge < -0.3 is 14.8 Å². The molecule has 0 amide bonds. The normalized spacial score (nSPS) is 23.1. The van der Waals surface area contributed by atoms with Crippen LogP contribution >= 0.6 is 0 Å². The SMILES string of the molecule is CCCC1CC(Nc2ccc(OC)c(C)c2)CCO1. The van der Waals surface area contributed by atoms with E-state index in [9.17, 15) is 0 Å². The molecule has 1 aromatic rings. The Balaban J connectivity index is 1.94. The summed E-state index contributed by atoms with van der Waals surface area (Å²) >= 11 is 0. The van der Waals surface area contributed by atoms with Crippen LogP contribution in [-0.4, -0.2) is 25.9 Å². The maximum atomic E-state index is 5.79. The number of methoxy groups -OCH3 is 1. The van der Waals surface area contributed by atoms with Crippen LogP contribution in [0.4, 0.5) is 5.69 Å². The summed E-state index contributed by atoms with van der Waals surface area (Å²) in [6.45, 7) is 5.17. The topological polar surface area (TPSA) is 30.5 Å². The van der Waals surface area contributed by atoms with Crippen LogP contribution in [0.5, 0.6) is 5.75 Å². The third-order valence-corrected chi connectivity index (χ3v) is 3.74. The van der Waals surface area contributed by atoms with E-state index >= 15 is 0 Å². The van der Waals surface area contributed by atoms with Gasteiger partial charge >= 0.3 is 0 Å². The quantitative estimate of drug-likeness (QED) is 0.877. The molecule has 106 valence electrons. The molecule has 0 aliphatic carbocycles. The Hall–Kier alpha value is -1.22. The second kappa shape index (κ2) is 6.80. The highest BCUT2D eigenvalue weighted by molar-refractivity contribution is 5.51. The predicted octanol–water partition coefficient (Wildman–Crippen LogP) is 3.76. The maximum Gasteiger partial charge on any atom is 0.121 e. The van der Waals surface area contributed by atoms with Crippen molar-refractivity contribution in [2.24, 2.45) is 0 Å². The van der Waals surface area contributed by atoms with Gasteiger partial charge in [0.1, 0.15) is 5.75 Å². The smallest absolute Gasteiger partial charge is 0.121 e. The summed E-state index contributed by atoms with van der Waals surface area (Å²) in [4.78, 5) is 0. The van der Waals surface area contributed by atoms with E-state index in [1.807, 2.05) is 6.07 Å². The minimum Gasteiger partial charge on any atom is -0.496 e. The van der Waals surface area contributed by atoms with Crippen molar-refractivity contribution in [3.8, 4) is 5.75 Å². The Bertz CT molecular complexity index is 404. The lowest BCUT2D eigenvalue weighted by molar-refractivity contribution is 0.00598. The molecular formula is C16H25NO2. The van der Waals surface area contributed by atoms with Gasteiger partial charge in [0.15, 0.2) is 0 Å². The van der Waals surface area contributed by atoms with Crippen LogP contribution in [0.2, 0.25) is 0 Å². The van der Waals surface area contributed by atoms with Gasteiger partial charge in [-0.05, 0) is 49.9 Å². The van der Waals surface area contributed by atoms with Gasteiger partial charge in [-0.3, -0.25) is 0 Å². The molecule has 0 aromatic heterocycles. The summed E-state index contributed by atoms with van der Waals surface area (Å²) in [5, 5.41) is 3.63. The fourth-order valence-electron chi connectivity index (χ4n) is 2.74.